The van der Waals surface area contributed by atoms with Crippen molar-refractivity contribution in [2.45, 2.75) is 19.3 Å². The van der Waals surface area contributed by atoms with Crippen LogP contribution < -0.4 is 14.8 Å². The van der Waals surface area contributed by atoms with Crippen LogP contribution >= 0.6 is 0 Å². The number of fused-ring (bicyclic) bond motifs is 1. The van der Waals surface area contributed by atoms with Crippen LogP contribution in [0.15, 0.2) is 18.2 Å². The Hall–Kier alpha value is -2.19. The summed E-state index contributed by atoms with van der Waals surface area (Å²) in [7, 11) is 0. The number of rotatable bonds is 5. The van der Waals surface area contributed by atoms with Gasteiger partial charge in [-0.2, -0.15) is 0 Å². The number of likely N-dealkylation sites (tertiary alicyclic amines) is 1. The first-order chi connectivity index (χ1) is 11.3. The first kappa shape index (κ1) is 15.7. The van der Waals surface area contributed by atoms with E-state index >= 15 is 0 Å². The molecule has 0 saturated carbocycles. The number of nitrogens with one attached hydrogen (secondary N) is 1. The fourth-order valence-corrected chi connectivity index (χ4v) is 3.05. The molecule has 0 radical (unpaired) electrons. The molecular formula is C18H22N2O3. The summed E-state index contributed by atoms with van der Waals surface area (Å²) >= 11 is 0. The second-order valence-electron chi connectivity index (χ2n) is 5.98. The Bertz CT molecular complexity index is 601. The lowest BCUT2D eigenvalue weighted by atomic mass is 9.96. The lowest BCUT2D eigenvalue weighted by Gasteiger charge is -2.29. The van der Waals surface area contributed by atoms with Gasteiger partial charge in [-0.15, -0.1) is 6.42 Å². The lowest BCUT2D eigenvalue weighted by molar-refractivity contribution is -0.126. The van der Waals surface area contributed by atoms with E-state index in [1.165, 1.54) is 0 Å². The molecule has 3 rings (SSSR count). The third-order valence-corrected chi connectivity index (χ3v) is 4.42. The maximum absolute atomic E-state index is 12.2. The number of hydrogen-bond donors (Lipinski definition) is 1. The van der Waals surface area contributed by atoms with E-state index in [1.807, 2.05) is 18.2 Å². The summed E-state index contributed by atoms with van der Waals surface area (Å²) in [6.45, 7) is 3.42. The van der Waals surface area contributed by atoms with Gasteiger partial charge in [0, 0.05) is 12.5 Å². The van der Waals surface area contributed by atoms with Crippen molar-refractivity contribution in [3.63, 3.8) is 0 Å². The van der Waals surface area contributed by atoms with Crippen LogP contribution in [-0.2, 0) is 11.2 Å². The molecule has 1 N–H and O–H groups in total. The Morgan fingerprint density at radius 3 is 2.87 bits per heavy atom. The minimum absolute atomic E-state index is 0.112. The first-order valence-electron chi connectivity index (χ1n) is 8.08. The van der Waals surface area contributed by atoms with Gasteiger partial charge in [-0.05, 0) is 50.0 Å². The third kappa shape index (κ3) is 3.96. The molecule has 1 fully saturated rings. The Kier molecular flexibility index (Phi) is 5.04. The summed E-state index contributed by atoms with van der Waals surface area (Å²) in [6.07, 6.45) is 7.88. The van der Waals surface area contributed by atoms with Crippen molar-refractivity contribution < 1.29 is 14.3 Å². The van der Waals surface area contributed by atoms with Crippen molar-refractivity contribution in [1.29, 1.82) is 0 Å². The predicted molar refractivity (Wildman–Crippen MR) is 87.3 cm³/mol. The fraction of sp³-hybridized carbons (Fsp3) is 0.500. The number of nitrogens with zero attached hydrogens (tertiary/aromatic N) is 1. The standard InChI is InChI=1S/C18H22N2O3/c1-2-9-20-10-6-15(7-11-20)18(21)19-8-5-14-3-4-16-17(12-14)23-13-22-16/h1,3-4,12,15H,5-11,13H2,(H,19,21). The van der Waals surface area contributed by atoms with Gasteiger partial charge in [0.15, 0.2) is 11.5 Å². The zero-order valence-electron chi connectivity index (χ0n) is 13.2. The molecule has 0 bridgehead atoms. The molecule has 2 aliphatic heterocycles. The molecule has 122 valence electrons. The minimum Gasteiger partial charge on any atom is -0.454 e. The average Bonchev–Trinajstić information content (AvgIpc) is 3.03. The minimum atomic E-state index is 0.112. The highest BCUT2D eigenvalue weighted by molar-refractivity contribution is 5.78. The number of hydrogen-bond acceptors (Lipinski definition) is 4. The van der Waals surface area contributed by atoms with Crippen LogP contribution in [0.3, 0.4) is 0 Å². The van der Waals surface area contributed by atoms with Crippen molar-refractivity contribution in [3.8, 4) is 23.8 Å². The van der Waals surface area contributed by atoms with Gasteiger partial charge in [-0.25, -0.2) is 0 Å². The van der Waals surface area contributed by atoms with Gasteiger partial charge >= 0.3 is 0 Å². The highest BCUT2D eigenvalue weighted by atomic mass is 16.7. The van der Waals surface area contributed by atoms with Crippen LogP contribution in [0.4, 0.5) is 0 Å². The average molecular weight is 314 g/mol. The van der Waals surface area contributed by atoms with Crippen LogP contribution in [0.2, 0.25) is 0 Å². The number of benzene rings is 1. The van der Waals surface area contributed by atoms with E-state index in [0.717, 1.165) is 49.4 Å². The molecule has 1 aromatic rings. The zero-order chi connectivity index (χ0) is 16.1. The van der Waals surface area contributed by atoms with E-state index in [9.17, 15) is 4.79 Å². The molecule has 5 nitrogen and oxygen atoms in total. The van der Waals surface area contributed by atoms with Crippen LogP contribution in [0.25, 0.3) is 0 Å². The van der Waals surface area contributed by atoms with Crippen LogP contribution in [0.1, 0.15) is 18.4 Å². The molecule has 2 heterocycles. The van der Waals surface area contributed by atoms with Gasteiger partial charge in [0.2, 0.25) is 12.7 Å². The molecule has 0 atom stereocenters. The smallest absolute Gasteiger partial charge is 0.231 e. The number of amides is 1. The Labute approximate surface area is 136 Å². The summed E-state index contributed by atoms with van der Waals surface area (Å²) in [4.78, 5) is 14.4. The van der Waals surface area contributed by atoms with E-state index in [1.54, 1.807) is 0 Å². The molecule has 1 saturated heterocycles. The number of piperidine rings is 1. The van der Waals surface area contributed by atoms with Gasteiger partial charge in [-0.3, -0.25) is 9.69 Å². The molecule has 0 spiro atoms. The Balaban J connectivity index is 1.41. The van der Waals surface area contributed by atoms with Crippen molar-refractivity contribution >= 4 is 5.91 Å². The monoisotopic (exact) mass is 314 g/mol. The lowest BCUT2D eigenvalue weighted by Crippen LogP contribution is -2.41. The van der Waals surface area contributed by atoms with E-state index in [4.69, 9.17) is 15.9 Å². The summed E-state index contributed by atoms with van der Waals surface area (Å²) in [5.41, 5.74) is 1.14. The summed E-state index contributed by atoms with van der Waals surface area (Å²) in [5.74, 6) is 4.50. The van der Waals surface area contributed by atoms with Gasteiger partial charge in [-0.1, -0.05) is 12.0 Å². The van der Waals surface area contributed by atoms with Gasteiger partial charge in [0.25, 0.3) is 0 Å². The summed E-state index contributed by atoms with van der Waals surface area (Å²) in [5, 5.41) is 3.05. The number of carbonyl (C=O) groups is 1. The number of terminal acetylenes is 1. The molecule has 1 amide bonds. The molecule has 5 heteroatoms. The Morgan fingerprint density at radius 2 is 2.09 bits per heavy atom. The van der Waals surface area contributed by atoms with E-state index in [2.05, 4.69) is 16.1 Å². The molecule has 23 heavy (non-hydrogen) atoms. The van der Waals surface area contributed by atoms with Crippen LogP contribution in [0.5, 0.6) is 11.5 Å². The maximum atomic E-state index is 12.2. The SMILES string of the molecule is C#CCN1CCC(C(=O)NCCc2ccc3c(c2)OCO3)CC1. The highest BCUT2D eigenvalue weighted by Crippen LogP contribution is 2.32. The van der Waals surface area contributed by atoms with Crippen molar-refractivity contribution in [2.75, 3.05) is 33.0 Å². The van der Waals surface area contributed by atoms with Crippen LogP contribution in [0, 0.1) is 18.3 Å². The molecule has 2 aliphatic rings. The van der Waals surface area contributed by atoms with Crippen LogP contribution in [-0.4, -0.2) is 43.8 Å². The van der Waals surface area contributed by atoms with Crippen molar-refractivity contribution in [3.05, 3.63) is 23.8 Å². The molecule has 1 aromatic carbocycles. The van der Waals surface area contributed by atoms with Gasteiger partial charge in [0.05, 0.1) is 6.54 Å². The van der Waals surface area contributed by atoms with E-state index < -0.39 is 0 Å². The van der Waals surface area contributed by atoms with E-state index in [-0.39, 0.29) is 18.6 Å². The molecule has 0 aliphatic carbocycles. The maximum Gasteiger partial charge on any atom is 0.231 e. The predicted octanol–water partition coefficient (Wildman–Crippen LogP) is 1.42. The number of ether oxygens (including phenoxy) is 2. The van der Waals surface area contributed by atoms with Crippen molar-refractivity contribution in [2.24, 2.45) is 5.92 Å². The quantitative estimate of drug-likeness (QED) is 0.835. The second kappa shape index (κ2) is 7.38. The summed E-state index contributed by atoms with van der Waals surface area (Å²) < 4.78 is 10.7. The van der Waals surface area contributed by atoms with Crippen molar-refractivity contribution in [1.82, 2.24) is 10.2 Å². The fourth-order valence-electron chi connectivity index (χ4n) is 3.05. The molecular weight excluding hydrogens is 292 g/mol. The summed E-state index contributed by atoms with van der Waals surface area (Å²) in [6, 6.07) is 5.91. The normalized spacial score (nSPS) is 17.7. The third-order valence-electron chi connectivity index (χ3n) is 4.42. The molecule has 0 aromatic heterocycles. The number of carbonyl (C=O) groups excluding carboxylic acids is 1. The zero-order valence-corrected chi connectivity index (χ0v) is 13.2. The topological polar surface area (TPSA) is 50.8 Å². The largest absolute Gasteiger partial charge is 0.454 e. The Morgan fingerprint density at radius 1 is 1.30 bits per heavy atom. The van der Waals surface area contributed by atoms with Gasteiger partial charge < -0.3 is 14.8 Å². The molecule has 0 unspecified atom stereocenters. The highest BCUT2D eigenvalue weighted by Gasteiger charge is 2.24. The van der Waals surface area contributed by atoms with E-state index in [0.29, 0.717) is 13.1 Å². The van der Waals surface area contributed by atoms with Gasteiger partial charge in [0.1, 0.15) is 0 Å². The first-order valence-corrected chi connectivity index (χ1v) is 8.08. The second-order valence-corrected chi connectivity index (χ2v) is 5.98.